The summed E-state index contributed by atoms with van der Waals surface area (Å²) < 4.78 is 38.6. The van der Waals surface area contributed by atoms with Crippen LogP contribution in [0.4, 0.5) is 13.2 Å². The average Bonchev–Trinajstić information content (AvgIpc) is 2.94. The molecule has 198 valence electrons. The second-order valence-electron chi connectivity index (χ2n) is 8.58. The van der Waals surface area contributed by atoms with Gasteiger partial charge in [-0.15, -0.1) is 0 Å². The van der Waals surface area contributed by atoms with Gasteiger partial charge in [0.15, 0.2) is 0 Å². The molecule has 10 heteroatoms. The van der Waals surface area contributed by atoms with Crippen LogP contribution in [0.1, 0.15) is 22.5 Å². The second kappa shape index (κ2) is 12.1. The van der Waals surface area contributed by atoms with Crippen molar-refractivity contribution in [3.05, 3.63) is 120 Å². The van der Waals surface area contributed by atoms with Crippen molar-refractivity contribution in [2.45, 2.75) is 25.2 Å². The van der Waals surface area contributed by atoms with Crippen molar-refractivity contribution in [3.8, 4) is 11.1 Å². The van der Waals surface area contributed by atoms with Gasteiger partial charge in [-0.2, -0.15) is 13.2 Å². The van der Waals surface area contributed by atoms with Crippen LogP contribution in [0.3, 0.4) is 0 Å². The lowest BCUT2D eigenvalue weighted by Gasteiger charge is -2.28. The summed E-state index contributed by atoms with van der Waals surface area (Å²) in [6.07, 6.45) is 4.20. The molecule has 1 unspecified atom stereocenters. The Morgan fingerprint density at radius 3 is 2.08 bits per heavy atom. The van der Waals surface area contributed by atoms with Crippen molar-refractivity contribution in [1.82, 2.24) is 19.9 Å². The number of aromatic nitrogens is 3. The Morgan fingerprint density at radius 2 is 1.49 bits per heavy atom. The maximum atomic E-state index is 13.3. The number of nitrogens with zero attached hydrogens (tertiary/aromatic N) is 4. The fourth-order valence-corrected chi connectivity index (χ4v) is 3.87. The van der Waals surface area contributed by atoms with Crippen molar-refractivity contribution in [2.24, 2.45) is 0 Å². The molecule has 0 aliphatic carbocycles. The van der Waals surface area contributed by atoms with Gasteiger partial charge in [0.25, 0.3) is 0 Å². The Balaban J connectivity index is 1.60. The molecule has 4 rings (SSSR count). The molecule has 2 heterocycles. The van der Waals surface area contributed by atoms with E-state index in [9.17, 15) is 27.9 Å². The zero-order valence-electron chi connectivity index (χ0n) is 20.5. The molecule has 2 aromatic heterocycles. The van der Waals surface area contributed by atoms with Gasteiger partial charge in [-0.25, -0.2) is 14.8 Å². The third kappa shape index (κ3) is 7.35. The number of carboxylic acid groups (broad SMARTS) is 1. The number of carbonyl (C=O) groups excluding carboxylic acids is 1. The molecule has 1 atom stereocenters. The summed E-state index contributed by atoms with van der Waals surface area (Å²) in [6, 6.07) is 15.6. The Kier molecular flexibility index (Phi) is 8.45. The van der Waals surface area contributed by atoms with Crippen molar-refractivity contribution < 1.29 is 27.9 Å². The summed E-state index contributed by atoms with van der Waals surface area (Å²) in [4.78, 5) is 39.0. The van der Waals surface area contributed by atoms with Gasteiger partial charge in [0.05, 0.1) is 5.56 Å². The van der Waals surface area contributed by atoms with E-state index in [1.807, 2.05) is 24.3 Å². The van der Waals surface area contributed by atoms with Gasteiger partial charge in [-0.3, -0.25) is 9.78 Å². The van der Waals surface area contributed by atoms with Crippen LogP contribution in [-0.4, -0.2) is 42.9 Å². The fourth-order valence-electron chi connectivity index (χ4n) is 3.87. The zero-order valence-corrected chi connectivity index (χ0v) is 20.5. The molecule has 0 bridgehead atoms. The summed E-state index contributed by atoms with van der Waals surface area (Å²) >= 11 is 0. The number of pyridine rings is 1. The van der Waals surface area contributed by atoms with Crippen molar-refractivity contribution in [1.29, 1.82) is 0 Å². The van der Waals surface area contributed by atoms with Gasteiger partial charge < -0.3 is 10.0 Å². The molecule has 1 amide bonds. The SMILES string of the molecule is O=C(O)C(Cc1ncccn1)N(Cc1ccc(-c2ccncc2)cc1)C(=O)/C=C/c1ccc(C(F)(F)F)cc1. The number of halogens is 3. The molecule has 39 heavy (non-hydrogen) atoms. The normalized spacial score (nSPS) is 12.3. The maximum Gasteiger partial charge on any atom is 0.416 e. The highest BCUT2D eigenvalue weighted by Gasteiger charge is 2.31. The topological polar surface area (TPSA) is 96.3 Å². The Bertz CT molecular complexity index is 1430. The Morgan fingerprint density at radius 1 is 0.872 bits per heavy atom. The zero-order chi connectivity index (χ0) is 27.8. The number of hydrogen-bond acceptors (Lipinski definition) is 5. The summed E-state index contributed by atoms with van der Waals surface area (Å²) in [6.45, 7) is -0.0311. The minimum absolute atomic E-state index is 0.0311. The number of carbonyl (C=O) groups is 2. The largest absolute Gasteiger partial charge is 0.480 e. The third-order valence-corrected chi connectivity index (χ3v) is 5.92. The van der Waals surface area contributed by atoms with E-state index in [-0.39, 0.29) is 18.8 Å². The van der Waals surface area contributed by atoms with Crippen LogP contribution < -0.4 is 0 Å². The van der Waals surface area contributed by atoms with E-state index >= 15 is 0 Å². The molecule has 4 aromatic rings. The van der Waals surface area contributed by atoms with Crippen LogP contribution in [0.15, 0.2) is 97.6 Å². The Hall–Kier alpha value is -4.86. The number of rotatable bonds is 9. The second-order valence-corrected chi connectivity index (χ2v) is 8.58. The first-order valence-electron chi connectivity index (χ1n) is 11.8. The molecule has 2 aromatic carbocycles. The van der Waals surface area contributed by atoms with E-state index in [0.717, 1.165) is 29.3 Å². The number of hydrogen-bond donors (Lipinski definition) is 1. The van der Waals surface area contributed by atoms with E-state index in [2.05, 4.69) is 15.0 Å². The smallest absolute Gasteiger partial charge is 0.416 e. The first kappa shape index (κ1) is 27.2. The van der Waals surface area contributed by atoms with Crippen molar-refractivity contribution in [3.63, 3.8) is 0 Å². The summed E-state index contributed by atoms with van der Waals surface area (Å²) in [7, 11) is 0. The number of benzene rings is 2. The molecule has 1 N–H and O–H groups in total. The van der Waals surface area contributed by atoms with Gasteiger partial charge >= 0.3 is 12.1 Å². The predicted molar refractivity (Wildman–Crippen MR) is 138 cm³/mol. The molecular formula is C29H23F3N4O3. The number of alkyl halides is 3. The van der Waals surface area contributed by atoms with Crippen LogP contribution in [0.25, 0.3) is 17.2 Å². The first-order chi connectivity index (χ1) is 18.7. The van der Waals surface area contributed by atoms with Crippen molar-refractivity contribution in [2.75, 3.05) is 0 Å². The Labute approximate surface area is 222 Å². The highest BCUT2D eigenvalue weighted by Crippen LogP contribution is 2.29. The molecule has 0 spiro atoms. The molecule has 0 aliphatic rings. The number of carboxylic acids is 1. The van der Waals surface area contributed by atoms with E-state index < -0.39 is 29.7 Å². The molecule has 0 fully saturated rings. The lowest BCUT2D eigenvalue weighted by Crippen LogP contribution is -2.45. The third-order valence-electron chi connectivity index (χ3n) is 5.92. The quantitative estimate of drug-likeness (QED) is 0.294. The molecule has 7 nitrogen and oxygen atoms in total. The minimum atomic E-state index is -4.48. The lowest BCUT2D eigenvalue weighted by atomic mass is 10.0. The predicted octanol–water partition coefficient (Wildman–Crippen LogP) is 5.30. The van der Waals surface area contributed by atoms with Crippen LogP contribution >= 0.6 is 0 Å². The van der Waals surface area contributed by atoms with Gasteiger partial charge in [0, 0.05) is 43.8 Å². The van der Waals surface area contributed by atoms with Gasteiger partial charge in [-0.1, -0.05) is 36.4 Å². The van der Waals surface area contributed by atoms with Crippen LogP contribution in [0.2, 0.25) is 0 Å². The van der Waals surface area contributed by atoms with Crippen LogP contribution in [0, 0.1) is 0 Å². The number of aliphatic carboxylic acids is 1. The molecular weight excluding hydrogens is 509 g/mol. The number of amides is 1. The van der Waals surface area contributed by atoms with Gasteiger partial charge in [-0.05, 0) is 58.7 Å². The highest BCUT2D eigenvalue weighted by molar-refractivity contribution is 5.94. The molecule has 0 saturated carbocycles. The fraction of sp³-hybridized carbons (Fsp3) is 0.138. The average molecular weight is 533 g/mol. The molecule has 0 saturated heterocycles. The van der Waals surface area contributed by atoms with E-state index in [1.54, 1.807) is 30.6 Å². The first-order valence-corrected chi connectivity index (χ1v) is 11.8. The minimum Gasteiger partial charge on any atom is -0.480 e. The van der Waals surface area contributed by atoms with Crippen molar-refractivity contribution >= 4 is 18.0 Å². The lowest BCUT2D eigenvalue weighted by molar-refractivity contribution is -0.149. The molecule has 0 aliphatic heterocycles. The maximum absolute atomic E-state index is 13.3. The van der Waals surface area contributed by atoms with Crippen LogP contribution in [-0.2, 0) is 28.7 Å². The van der Waals surface area contributed by atoms with E-state index in [4.69, 9.17) is 0 Å². The highest BCUT2D eigenvalue weighted by atomic mass is 19.4. The van der Waals surface area contributed by atoms with Gasteiger partial charge in [0.2, 0.25) is 5.91 Å². The summed E-state index contributed by atoms with van der Waals surface area (Å²) in [5.74, 6) is -1.62. The van der Waals surface area contributed by atoms with E-state index in [1.165, 1.54) is 35.5 Å². The van der Waals surface area contributed by atoms with Crippen LogP contribution in [0.5, 0.6) is 0 Å². The van der Waals surface area contributed by atoms with E-state index in [0.29, 0.717) is 11.1 Å². The monoisotopic (exact) mass is 532 g/mol. The molecule has 0 radical (unpaired) electrons. The summed E-state index contributed by atoms with van der Waals surface area (Å²) in [5, 5.41) is 10.0. The van der Waals surface area contributed by atoms with Gasteiger partial charge in [0.1, 0.15) is 11.9 Å². The summed E-state index contributed by atoms with van der Waals surface area (Å²) in [5.41, 5.74) is 2.11. The standard InChI is InChI=1S/C29H23F3N4O3/c30-29(31,32)24-9-4-20(5-10-24)6-11-27(37)36(25(28(38)39)18-26-34-14-1-15-35-26)19-21-2-7-22(8-3-21)23-12-16-33-17-13-23/h1-17,25H,18-19H2,(H,38,39)/b11-6+.